The summed E-state index contributed by atoms with van der Waals surface area (Å²) >= 11 is 6.38. The van der Waals surface area contributed by atoms with Gasteiger partial charge >= 0.3 is 0 Å². The Labute approximate surface area is 154 Å². The zero-order valence-electron chi connectivity index (χ0n) is 14.6. The van der Waals surface area contributed by atoms with Crippen LogP contribution in [0.2, 0.25) is 5.02 Å². The van der Waals surface area contributed by atoms with Crippen LogP contribution in [0.25, 0.3) is 0 Å². The number of aryl methyl sites for hydroxylation is 1. The van der Waals surface area contributed by atoms with Gasteiger partial charge in [0.2, 0.25) is 0 Å². The molecule has 3 rings (SSSR count). The van der Waals surface area contributed by atoms with Crippen LogP contribution in [-0.2, 0) is 13.2 Å². The Bertz CT molecular complexity index is 846. The van der Waals surface area contributed by atoms with Crippen LogP contribution in [0.5, 0.6) is 5.75 Å². The van der Waals surface area contributed by atoms with Gasteiger partial charge in [-0.1, -0.05) is 60.1 Å². The molecule has 0 fully saturated rings. The summed E-state index contributed by atoms with van der Waals surface area (Å²) in [6.45, 7) is 5.49. The summed E-state index contributed by atoms with van der Waals surface area (Å²) in [6, 6.07) is 22.3. The van der Waals surface area contributed by atoms with E-state index in [-0.39, 0.29) is 0 Å². The maximum Gasteiger partial charge on any atom is 0.138 e. The average molecular weight is 352 g/mol. The molecular weight excluding hydrogens is 330 g/mol. The number of ether oxygens (including phenoxy) is 1. The lowest BCUT2D eigenvalue weighted by molar-refractivity contribution is 0.306. The van der Waals surface area contributed by atoms with Gasteiger partial charge in [0.25, 0.3) is 0 Å². The molecule has 3 aromatic rings. The minimum Gasteiger partial charge on any atom is -0.487 e. The monoisotopic (exact) mass is 351 g/mol. The first kappa shape index (κ1) is 17.4. The Morgan fingerprint density at radius 2 is 1.68 bits per heavy atom. The minimum absolute atomic E-state index is 0.515. The van der Waals surface area contributed by atoms with Crippen LogP contribution >= 0.6 is 11.6 Å². The minimum atomic E-state index is 0.515. The van der Waals surface area contributed by atoms with Crippen molar-refractivity contribution in [3.63, 3.8) is 0 Å². The standard InChI is InChI=1S/C22H22ClNO/c1-16-7-6-10-21(17(16)2)24-14-19-11-12-22(20(23)13-19)25-15-18-8-4-3-5-9-18/h3-13,24H,14-15H2,1-2H3. The van der Waals surface area contributed by atoms with Crippen LogP contribution in [0.3, 0.4) is 0 Å². The lowest BCUT2D eigenvalue weighted by atomic mass is 10.1. The van der Waals surface area contributed by atoms with Crippen LogP contribution < -0.4 is 10.1 Å². The highest BCUT2D eigenvalue weighted by atomic mass is 35.5. The van der Waals surface area contributed by atoms with Crippen LogP contribution in [0.15, 0.2) is 66.7 Å². The number of hydrogen-bond acceptors (Lipinski definition) is 2. The summed E-state index contributed by atoms with van der Waals surface area (Å²) in [5, 5.41) is 4.11. The van der Waals surface area contributed by atoms with Crippen molar-refractivity contribution in [2.24, 2.45) is 0 Å². The number of benzene rings is 3. The maximum atomic E-state index is 6.38. The molecule has 0 spiro atoms. The molecule has 25 heavy (non-hydrogen) atoms. The predicted molar refractivity (Wildman–Crippen MR) is 105 cm³/mol. The highest BCUT2D eigenvalue weighted by Crippen LogP contribution is 2.27. The van der Waals surface area contributed by atoms with E-state index < -0.39 is 0 Å². The van der Waals surface area contributed by atoms with Gasteiger partial charge in [-0.15, -0.1) is 0 Å². The number of hydrogen-bond donors (Lipinski definition) is 1. The molecule has 3 heteroatoms. The first-order valence-corrected chi connectivity index (χ1v) is 8.76. The van der Waals surface area contributed by atoms with Crippen molar-refractivity contribution in [1.29, 1.82) is 0 Å². The Kier molecular flexibility index (Phi) is 5.62. The summed E-state index contributed by atoms with van der Waals surface area (Å²) in [6.07, 6.45) is 0. The summed E-state index contributed by atoms with van der Waals surface area (Å²) in [5.74, 6) is 0.709. The SMILES string of the molecule is Cc1cccc(NCc2ccc(OCc3ccccc3)c(Cl)c2)c1C. The van der Waals surface area contributed by atoms with E-state index >= 15 is 0 Å². The van der Waals surface area contributed by atoms with Gasteiger partial charge in [0.05, 0.1) is 5.02 Å². The van der Waals surface area contributed by atoms with Crippen molar-refractivity contribution in [1.82, 2.24) is 0 Å². The quantitative estimate of drug-likeness (QED) is 0.575. The Hall–Kier alpha value is -2.45. The predicted octanol–water partition coefficient (Wildman–Crippen LogP) is 6.15. The molecule has 128 valence electrons. The molecular formula is C22H22ClNO. The van der Waals surface area contributed by atoms with E-state index in [2.05, 4.69) is 37.4 Å². The average Bonchev–Trinajstić information content (AvgIpc) is 2.63. The molecule has 2 nitrogen and oxygen atoms in total. The molecule has 0 saturated heterocycles. The summed E-state index contributed by atoms with van der Waals surface area (Å²) < 4.78 is 5.82. The van der Waals surface area contributed by atoms with Gasteiger partial charge in [0, 0.05) is 12.2 Å². The highest BCUT2D eigenvalue weighted by molar-refractivity contribution is 6.32. The molecule has 0 aliphatic heterocycles. The van der Waals surface area contributed by atoms with Crippen molar-refractivity contribution in [2.45, 2.75) is 27.0 Å². The zero-order chi connectivity index (χ0) is 17.6. The molecule has 0 heterocycles. The van der Waals surface area contributed by atoms with E-state index in [1.54, 1.807) is 0 Å². The van der Waals surface area contributed by atoms with E-state index in [1.165, 1.54) is 11.1 Å². The van der Waals surface area contributed by atoms with Gasteiger partial charge in [-0.25, -0.2) is 0 Å². The summed E-state index contributed by atoms with van der Waals surface area (Å²) in [7, 11) is 0. The molecule has 0 atom stereocenters. The van der Waals surface area contributed by atoms with Crippen LogP contribution in [0.1, 0.15) is 22.3 Å². The lowest BCUT2D eigenvalue weighted by Gasteiger charge is -2.13. The van der Waals surface area contributed by atoms with E-state index in [0.717, 1.165) is 23.4 Å². The van der Waals surface area contributed by atoms with Crippen molar-refractivity contribution < 1.29 is 4.74 Å². The van der Waals surface area contributed by atoms with Gasteiger partial charge in [-0.05, 0) is 54.3 Å². The first-order chi connectivity index (χ1) is 12.1. The summed E-state index contributed by atoms with van der Waals surface area (Å²) in [4.78, 5) is 0. The van der Waals surface area contributed by atoms with Gasteiger partial charge in [-0.2, -0.15) is 0 Å². The number of anilines is 1. The third kappa shape index (κ3) is 4.55. The van der Waals surface area contributed by atoms with E-state index in [1.807, 2.05) is 48.5 Å². The third-order valence-corrected chi connectivity index (χ3v) is 4.62. The molecule has 1 N–H and O–H groups in total. The molecule has 0 aliphatic carbocycles. The Morgan fingerprint density at radius 1 is 0.880 bits per heavy atom. The molecule has 0 aromatic heterocycles. The second-order valence-electron chi connectivity index (χ2n) is 6.14. The number of halogens is 1. The highest BCUT2D eigenvalue weighted by Gasteiger charge is 2.05. The van der Waals surface area contributed by atoms with Crippen molar-refractivity contribution >= 4 is 17.3 Å². The summed E-state index contributed by atoms with van der Waals surface area (Å²) in [5.41, 5.74) is 5.96. The van der Waals surface area contributed by atoms with Gasteiger partial charge in [0.15, 0.2) is 0 Å². The molecule has 0 unspecified atom stereocenters. The van der Waals surface area contributed by atoms with E-state index in [4.69, 9.17) is 16.3 Å². The molecule has 3 aromatic carbocycles. The zero-order valence-corrected chi connectivity index (χ0v) is 15.3. The van der Waals surface area contributed by atoms with Crippen molar-refractivity contribution in [3.05, 3.63) is 94.0 Å². The largest absolute Gasteiger partial charge is 0.487 e. The van der Waals surface area contributed by atoms with E-state index in [9.17, 15) is 0 Å². The smallest absolute Gasteiger partial charge is 0.138 e. The molecule has 0 amide bonds. The van der Waals surface area contributed by atoms with Crippen LogP contribution in [0.4, 0.5) is 5.69 Å². The second-order valence-corrected chi connectivity index (χ2v) is 6.55. The molecule has 0 saturated carbocycles. The van der Waals surface area contributed by atoms with Crippen LogP contribution in [-0.4, -0.2) is 0 Å². The third-order valence-electron chi connectivity index (χ3n) is 4.32. The fourth-order valence-corrected chi connectivity index (χ4v) is 2.90. The van der Waals surface area contributed by atoms with Crippen molar-refractivity contribution in [2.75, 3.05) is 5.32 Å². The van der Waals surface area contributed by atoms with E-state index in [0.29, 0.717) is 17.4 Å². The second kappa shape index (κ2) is 8.09. The number of rotatable bonds is 6. The fourth-order valence-electron chi connectivity index (χ4n) is 2.65. The maximum absolute atomic E-state index is 6.38. The molecule has 0 aliphatic rings. The molecule has 0 radical (unpaired) electrons. The Balaban J connectivity index is 1.62. The number of nitrogens with one attached hydrogen (secondary N) is 1. The van der Waals surface area contributed by atoms with Crippen LogP contribution in [0, 0.1) is 13.8 Å². The van der Waals surface area contributed by atoms with Gasteiger partial charge in [0.1, 0.15) is 12.4 Å². The topological polar surface area (TPSA) is 21.3 Å². The van der Waals surface area contributed by atoms with Gasteiger partial charge in [-0.3, -0.25) is 0 Å². The molecule has 0 bridgehead atoms. The fraction of sp³-hybridized carbons (Fsp3) is 0.182. The normalized spacial score (nSPS) is 10.5. The van der Waals surface area contributed by atoms with Crippen molar-refractivity contribution in [3.8, 4) is 5.75 Å². The van der Waals surface area contributed by atoms with Gasteiger partial charge < -0.3 is 10.1 Å². The Morgan fingerprint density at radius 3 is 2.44 bits per heavy atom. The lowest BCUT2D eigenvalue weighted by Crippen LogP contribution is -2.02. The first-order valence-electron chi connectivity index (χ1n) is 8.39.